The number of hydrogen-bond acceptors (Lipinski definition) is 4. The summed E-state index contributed by atoms with van der Waals surface area (Å²) in [6, 6.07) is 4.01. The maximum Gasteiger partial charge on any atom is 0.250 e. The van der Waals surface area contributed by atoms with Crippen LogP contribution in [0, 0.1) is 25.7 Å². The number of likely N-dealkylation sites (tertiary alicyclic amines) is 1. The fourth-order valence-corrected chi connectivity index (χ4v) is 6.12. The van der Waals surface area contributed by atoms with Crippen molar-refractivity contribution in [1.82, 2.24) is 9.80 Å². The minimum absolute atomic E-state index is 0.0219. The second kappa shape index (κ2) is 5.89. The van der Waals surface area contributed by atoms with Gasteiger partial charge in [0.1, 0.15) is 5.54 Å². The van der Waals surface area contributed by atoms with Crippen LogP contribution in [-0.2, 0) is 19.9 Å². The molecule has 1 spiro atoms. The Kier molecular flexibility index (Phi) is 3.76. The van der Waals surface area contributed by atoms with E-state index in [0.29, 0.717) is 6.54 Å². The van der Waals surface area contributed by atoms with Crippen molar-refractivity contribution in [3.8, 4) is 0 Å². The van der Waals surface area contributed by atoms with Crippen LogP contribution in [0.15, 0.2) is 12.1 Å². The van der Waals surface area contributed by atoms with Crippen LogP contribution in [0.4, 0.5) is 5.69 Å². The number of nitrogens with zero attached hydrogens (tertiary/aromatic N) is 2. The Morgan fingerprint density at radius 3 is 2.71 bits per heavy atom. The van der Waals surface area contributed by atoms with Gasteiger partial charge in [-0.25, -0.2) is 0 Å². The van der Waals surface area contributed by atoms with Gasteiger partial charge >= 0.3 is 0 Å². The van der Waals surface area contributed by atoms with Crippen LogP contribution in [0.2, 0.25) is 0 Å². The lowest BCUT2D eigenvalue weighted by Gasteiger charge is -2.36. The highest BCUT2D eigenvalue weighted by Gasteiger charge is 2.74. The minimum atomic E-state index is -1.03. The summed E-state index contributed by atoms with van der Waals surface area (Å²) in [5.41, 5.74) is 2.85. The van der Waals surface area contributed by atoms with E-state index >= 15 is 0 Å². The molecule has 0 unspecified atom stereocenters. The highest BCUT2D eigenvalue weighted by Crippen LogP contribution is 2.60. The molecule has 0 bridgehead atoms. The topological polar surface area (TPSA) is 69.7 Å². The highest BCUT2D eigenvalue weighted by molar-refractivity contribution is 6.15. The number of aryl methyl sites for hydroxylation is 1. The molecule has 5 rings (SSSR count). The first-order valence-corrected chi connectivity index (χ1v) is 10.5. The number of anilines is 1. The largest absolute Gasteiger partial charge is 0.324 e. The summed E-state index contributed by atoms with van der Waals surface area (Å²) in [4.78, 5) is 43.9. The van der Waals surface area contributed by atoms with E-state index in [2.05, 4.69) is 17.1 Å². The lowest BCUT2D eigenvalue weighted by Crippen LogP contribution is -2.54. The zero-order valence-corrected chi connectivity index (χ0v) is 16.7. The van der Waals surface area contributed by atoms with Crippen LogP contribution >= 0.6 is 0 Å². The fourth-order valence-electron chi connectivity index (χ4n) is 6.12. The van der Waals surface area contributed by atoms with Crippen molar-refractivity contribution in [3.63, 3.8) is 0 Å². The third kappa shape index (κ3) is 1.89. The molecule has 1 aromatic carbocycles. The number of nitrogens with one attached hydrogen (secondary N) is 1. The Labute approximate surface area is 165 Å². The molecule has 6 nitrogen and oxygen atoms in total. The summed E-state index contributed by atoms with van der Waals surface area (Å²) in [7, 11) is 0. The molecule has 6 heteroatoms. The molecule has 4 aliphatic heterocycles. The van der Waals surface area contributed by atoms with Crippen molar-refractivity contribution in [3.05, 3.63) is 28.8 Å². The Balaban J connectivity index is 1.70. The molecule has 4 heterocycles. The summed E-state index contributed by atoms with van der Waals surface area (Å²) in [6.45, 7) is 7.31. The molecule has 3 saturated heterocycles. The average molecular weight is 381 g/mol. The van der Waals surface area contributed by atoms with Gasteiger partial charge in [-0.3, -0.25) is 24.2 Å². The zero-order chi connectivity index (χ0) is 19.8. The smallest absolute Gasteiger partial charge is 0.250 e. The van der Waals surface area contributed by atoms with Crippen molar-refractivity contribution in [2.45, 2.75) is 58.0 Å². The summed E-state index contributed by atoms with van der Waals surface area (Å²) < 4.78 is 0. The van der Waals surface area contributed by atoms with E-state index in [1.54, 1.807) is 0 Å². The van der Waals surface area contributed by atoms with Crippen LogP contribution in [0.5, 0.6) is 0 Å². The van der Waals surface area contributed by atoms with Crippen molar-refractivity contribution in [2.24, 2.45) is 11.8 Å². The van der Waals surface area contributed by atoms with Gasteiger partial charge in [0, 0.05) is 23.8 Å². The van der Waals surface area contributed by atoms with E-state index < -0.39 is 17.4 Å². The predicted octanol–water partition coefficient (Wildman–Crippen LogP) is 2.33. The molecule has 0 aliphatic carbocycles. The monoisotopic (exact) mass is 381 g/mol. The predicted molar refractivity (Wildman–Crippen MR) is 105 cm³/mol. The summed E-state index contributed by atoms with van der Waals surface area (Å²) in [5.74, 6) is -1.36. The average Bonchev–Trinajstić information content (AvgIpc) is 3.37. The molecule has 148 valence electrons. The van der Waals surface area contributed by atoms with Crippen molar-refractivity contribution >= 4 is 23.4 Å². The molecular formula is C22H27N3O3. The van der Waals surface area contributed by atoms with Gasteiger partial charge < -0.3 is 5.32 Å². The van der Waals surface area contributed by atoms with Crippen LogP contribution < -0.4 is 5.32 Å². The maximum atomic E-state index is 13.5. The van der Waals surface area contributed by atoms with E-state index in [9.17, 15) is 14.4 Å². The Morgan fingerprint density at radius 2 is 1.96 bits per heavy atom. The fraction of sp³-hybridized carbons (Fsp3) is 0.591. The van der Waals surface area contributed by atoms with Gasteiger partial charge in [-0.2, -0.15) is 0 Å². The first-order valence-electron chi connectivity index (χ1n) is 10.5. The van der Waals surface area contributed by atoms with Gasteiger partial charge in [-0.05, 0) is 50.8 Å². The summed E-state index contributed by atoms with van der Waals surface area (Å²) >= 11 is 0. The lowest BCUT2D eigenvalue weighted by atomic mass is 9.75. The molecule has 0 saturated carbocycles. The molecular weight excluding hydrogens is 354 g/mol. The summed E-state index contributed by atoms with van der Waals surface area (Å²) in [5, 5.41) is 3.10. The second-order valence-corrected chi connectivity index (χ2v) is 8.74. The second-order valence-electron chi connectivity index (χ2n) is 8.74. The first-order chi connectivity index (χ1) is 13.4. The molecule has 3 amide bonds. The van der Waals surface area contributed by atoms with Crippen LogP contribution in [0.25, 0.3) is 0 Å². The van der Waals surface area contributed by atoms with E-state index in [0.717, 1.165) is 54.6 Å². The van der Waals surface area contributed by atoms with E-state index in [1.807, 2.05) is 26.0 Å². The first kappa shape index (κ1) is 17.9. The van der Waals surface area contributed by atoms with Crippen LogP contribution in [0.1, 0.15) is 49.3 Å². The highest BCUT2D eigenvalue weighted by atomic mass is 16.2. The molecule has 1 aromatic rings. The third-order valence-electron chi connectivity index (χ3n) is 7.53. The number of amides is 3. The molecule has 1 N–H and O–H groups in total. The van der Waals surface area contributed by atoms with Crippen LogP contribution in [0.3, 0.4) is 0 Å². The van der Waals surface area contributed by atoms with Gasteiger partial charge in [0.05, 0.1) is 11.8 Å². The molecule has 3 fully saturated rings. The lowest BCUT2D eigenvalue weighted by molar-refractivity contribution is -0.145. The Hall–Kier alpha value is -2.21. The van der Waals surface area contributed by atoms with Crippen molar-refractivity contribution < 1.29 is 14.4 Å². The Morgan fingerprint density at radius 1 is 1.18 bits per heavy atom. The van der Waals surface area contributed by atoms with Gasteiger partial charge in [0.25, 0.3) is 0 Å². The third-order valence-corrected chi connectivity index (χ3v) is 7.53. The molecule has 4 aliphatic rings. The normalized spacial score (nSPS) is 33.6. The molecule has 0 radical (unpaired) electrons. The molecule has 28 heavy (non-hydrogen) atoms. The SMILES string of the molecule is CCCCN1C(=O)[C@@H]2[C@@H]3CCCN3[C@@]3(C(=O)Nc4c3ccc(C)c4C)[C@H]2C1=O. The standard InChI is InChI=1S/C22H27N3O3/c1-4-5-10-24-19(26)16-15-7-6-11-25(15)22(17(16)20(24)27)14-9-8-12(2)13(3)18(14)23-21(22)28/h8-9,15-17H,4-7,10-11H2,1-3H3,(H,23,28)/t15-,16+,17+,22+/m0/s1. The molecule has 0 aromatic heterocycles. The number of carbonyl (C=O) groups excluding carboxylic acids is 3. The van der Waals surface area contributed by atoms with E-state index in [-0.39, 0.29) is 23.8 Å². The summed E-state index contributed by atoms with van der Waals surface area (Å²) in [6.07, 6.45) is 3.56. The number of hydrogen-bond donors (Lipinski definition) is 1. The number of rotatable bonds is 3. The van der Waals surface area contributed by atoms with E-state index in [4.69, 9.17) is 0 Å². The van der Waals surface area contributed by atoms with E-state index in [1.165, 1.54) is 4.90 Å². The van der Waals surface area contributed by atoms with Gasteiger partial charge in [-0.15, -0.1) is 0 Å². The number of imide groups is 1. The number of carbonyl (C=O) groups is 3. The molecule has 4 atom stereocenters. The van der Waals surface area contributed by atoms with Gasteiger partial charge in [-0.1, -0.05) is 25.5 Å². The van der Waals surface area contributed by atoms with Crippen molar-refractivity contribution in [1.29, 1.82) is 0 Å². The van der Waals surface area contributed by atoms with Crippen molar-refractivity contribution in [2.75, 3.05) is 18.4 Å². The minimum Gasteiger partial charge on any atom is -0.324 e. The van der Waals surface area contributed by atoms with Gasteiger partial charge in [0.15, 0.2) is 0 Å². The zero-order valence-electron chi connectivity index (χ0n) is 16.7. The number of fused-ring (bicyclic) bond motifs is 7. The maximum absolute atomic E-state index is 13.5. The van der Waals surface area contributed by atoms with Gasteiger partial charge in [0.2, 0.25) is 17.7 Å². The van der Waals surface area contributed by atoms with Crippen LogP contribution in [-0.4, -0.2) is 46.7 Å². The number of benzene rings is 1. The quantitative estimate of drug-likeness (QED) is 0.816. The Bertz CT molecular complexity index is 911. The number of unbranched alkanes of at least 4 members (excludes halogenated alkanes) is 1.